The van der Waals surface area contributed by atoms with E-state index < -0.39 is 12.1 Å². The van der Waals surface area contributed by atoms with Crippen LogP contribution in [0.15, 0.2) is 0 Å². The molecule has 0 saturated heterocycles. The topological polar surface area (TPSA) is 42.7 Å². The van der Waals surface area contributed by atoms with Crippen molar-refractivity contribution in [2.24, 2.45) is 5.92 Å². The summed E-state index contributed by atoms with van der Waals surface area (Å²) in [5, 5.41) is 11.7. The molecular weight excluding hydrogens is 293 g/mol. The molecule has 2 aliphatic rings. The summed E-state index contributed by atoms with van der Waals surface area (Å²) in [6.07, 6.45) is 2.25. The number of rotatable bonds is 3. The highest BCUT2D eigenvalue weighted by atomic mass is 19.4. The summed E-state index contributed by atoms with van der Waals surface area (Å²) in [5.74, 6) is 0.728. The van der Waals surface area contributed by atoms with Gasteiger partial charge in [0.1, 0.15) is 11.6 Å². The molecule has 4 nitrogen and oxygen atoms in total. The van der Waals surface area contributed by atoms with Crippen LogP contribution in [0.4, 0.5) is 13.2 Å². The molecule has 0 spiro atoms. The van der Waals surface area contributed by atoms with Crippen molar-refractivity contribution in [3.05, 3.63) is 11.6 Å². The minimum absolute atomic E-state index is 0.0703. The molecule has 1 aliphatic carbocycles. The molecule has 1 saturated carbocycles. The van der Waals surface area contributed by atoms with Gasteiger partial charge >= 0.3 is 6.18 Å². The number of aromatic nitrogens is 3. The Morgan fingerprint density at radius 3 is 2.77 bits per heavy atom. The van der Waals surface area contributed by atoms with Crippen molar-refractivity contribution in [1.29, 1.82) is 0 Å². The van der Waals surface area contributed by atoms with E-state index in [0.29, 0.717) is 13.0 Å². The van der Waals surface area contributed by atoms with E-state index in [-0.39, 0.29) is 18.9 Å². The van der Waals surface area contributed by atoms with Crippen LogP contribution in [0.5, 0.6) is 0 Å². The van der Waals surface area contributed by atoms with Crippen LogP contribution < -0.4 is 5.32 Å². The Morgan fingerprint density at radius 2 is 1.95 bits per heavy atom. The highest BCUT2D eigenvalue weighted by Gasteiger charge is 2.42. The number of hydrogen-bond acceptors (Lipinski definition) is 3. The van der Waals surface area contributed by atoms with Gasteiger partial charge in [0.25, 0.3) is 0 Å². The molecule has 2 heterocycles. The molecule has 2 atom stereocenters. The second-order valence-electron chi connectivity index (χ2n) is 6.48. The monoisotopic (exact) mass is 316 g/mol. The fourth-order valence-corrected chi connectivity index (χ4v) is 3.58. The molecule has 7 heteroatoms. The third-order valence-corrected chi connectivity index (χ3v) is 4.87. The predicted molar refractivity (Wildman–Crippen MR) is 76.2 cm³/mol. The third kappa shape index (κ3) is 3.62. The predicted octanol–water partition coefficient (Wildman–Crippen LogP) is 3.22. The first-order valence-corrected chi connectivity index (χ1v) is 8.25. The Kier molecular flexibility index (Phi) is 4.70. The zero-order valence-electron chi connectivity index (χ0n) is 12.7. The molecule has 1 fully saturated rings. The SMILES string of the molecule is FC(F)(F)[C@H]1CCC[C@H](NCc2nnc3n2CCCCC3)C1. The Balaban J connectivity index is 1.57. The molecule has 1 aliphatic heterocycles. The summed E-state index contributed by atoms with van der Waals surface area (Å²) in [6.45, 7) is 1.44. The van der Waals surface area contributed by atoms with Crippen molar-refractivity contribution in [3.63, 3.8) is 0 Å². The van der Waals surface area contributed by atoms with Crippen LogP contribution in [-0.4, -0.2) is 27.0 Å². The fourth-order valence-electron chi connectivity index (χ4n) is 3.58. The van der Waals surface area contributed by atoms with Gasteiger partial charge in [-0.1, -0.05) is 12.8 Å². The molecule has 22 heavy (non-hydrogen) atoms. The molecule has 3 rings (SSSR count). The Morgan fingerprint density at radius 1 is 1.09 bits per heavy atom. The van der Waals surface area contributed by atoms with Gasteiger partial charge in [-0.25, -0.2) is 0 Å². The van der Waals surface area contributed by atoms with Crippen molar-refractivity contribution in [2.45, 2.75) is 76.7 Å². The van der Waals surface area contributed by atoms with E-state index in [0.717, 1.165) is 43.9 Å². The van der Waals surface area contributed by atoms with E-state index >= 15 is 0 Å². The summed E-state index contributed by atoms with van der Waals surface area (Å²) >= 11 is 0. The highest BCUT2D eigenvalue weighted by Crippen LogP contribution is 2.37. The van der Waals surface area contributed by atoms with Gasteiger partial charge in [0, 0.05) is 19.0 Å². The van der Waals surface area contributed by atoms with Gasteiger partial charge in [0.05, 0.1) is 12.5 Å². The summed E-state index contributed by atoms with van der Waals surface area (Å²) in [6, 6.07) is -0.0703. The summed E-state index contributed by atoms with van der Waals surface area (Å²) in [7, 11) is 0. The van der Waals surface area contributed by atoms with Crippen LogP contribution in [0.2, 0.25) is 0 Å². The normalized spacial score (nSPS) is 26.5. The number of alkyl halides is 3. The standard InChI is InChI=1S/C15H23F3N4/c16-15(17,18)11-5-4-6-12(9-11)19-10-14-21-20-13-7-2-1-3-8-22(13)14/h11-12,19H,1-10H2/t11-,12-/m0/s1. The average molecular weight is 316 g/mol. The summed E-state index contributed by atoms with van der Waals surface area (Å²) in [5.41, 5.74) is 0. The van der Waals surface area contributed by atoms with Gasteiger partial charge in [-0.3, -0.25) is 0 Å². The average Bonchev–Trinajstić information content (AvgIpc) is 2.72. The number of halogens is 3. The van der Waals surface area contributed by atoms with Crippen molar-refractivity contribution in [2.75, 3.05) is 0 Å². The number of fused-ring (bicyclic) bond motifs is 1. The van der Waals surface area contributed by atoms with E-state index in [4.69, 9.17) is 0 Å². The molecule has 124 valence electrons. The molecule has 0 radical (unpaired) electrons. The van der Waals surface area contributed by atoms with E-state index in [1.807, 2.05) is 0 Å². The molecule has 0 aromatic carbocycles. The largest absolute Gasteiger partial charge is 0.391 e. The Hall–Kier alpha value is -1.11. The molecule has 1 N–H and O–H groups in total. The van der Waals surface area contributed by atoms with Crippen LogP contribution in [0, 0.1) is 5.92 Å². The van der Waals surface area contributed by atoms with Gasteiger partial charge < -0.3 is 9.88 Å². The lowest BCUT2D eigenvalue weighted by Gasteiger charge is -2.31. The van der Waals surface area contributed by atoms with Crippen LogP contribution in [0.3, 0.4) is 0 Å². The summed E-state index contributed by atoms with van der Waals surface area (Å²) in [4.78, 5) is 0. The minimum atomic E-state index is -4.06. The molecule has 1 aromatic rings. The van der Waals surface area contributed by atoms with Crippen molar-refractivity contribution >= 4 is 0 Å². The minimum Gasteiger partial charge on any atom is -0.314 e. The number of aryl methyl sites for hydroxylation is 1. The van der Waals surface area contributed by atoms with Gasteiger partial charge in [0.2, 0.25) is 0 Å². The number of nitrogens with one attached hydrogen (secondary N) is 1. The van der Waals surface area contributed by atoms with Crippen LogP contribution in [-0.2, 0) is 19.5 Å². The van der Waals surface area contributed by atoms with E-state index in [9.17, 15) is 13.2 Å². The molecular formula is C15H23F3N4. The zero-order valence-corrected chi connectivity index (χ0v) is 12.7. The quantitative estimate of drug-likeness (QED) is 0.931. The number of hydrogen-bond donors (Lipinski definition) is 1. The maximum Gasteiger partial charge on any atom is 0.391 e. The van der Waals surface area contributed by atoms with Crippen LogP contribution in [0.25, 0.3) is 0 Å². The van der Waals surface area contributed by atoms with Crippen molar-refractivity contribution in [3.8, 4) is 0 Å². The van der Waals surface area contributed by atoms with Gasteiger partial charge in [0.15, 0.2) is 0 Å². The molecule has 1 aromatic heterocycles. The van der Waals surface area contributed by atoms with Gasteiger partial charge in [-0.05, 0) is 32.1 Å². The van der Waals surface area contributed by atoms with E-state index in [1.165, 1.54) is 6.42 Å². The summed E-state index contributed by atoms with van der Waals surface area (Å²) < 4.78 is 40.7. The highest BCUT2D eigenvalue weighted by molar-refractivity contribution is 4.98. The first-order valence-electron chi connectivity index (χ1n) is 8.25. The zero-order chi connectivity index (χ0) is 15.6. The maximum atomic E-state index is 12.8. The van der Waals surface area contributed by atoms with E-state index in [2.05, 4.69) is 20.1 Å². The Labute approximate surface area is 128 Å². The first-order chi connectivity index (χ1) is 10.5. The lowest BCUT2D eigenvalue weighted by atomic mass is 9.85. The van der Waals surface area contributed by atoms with Crippen molar-refractivity contribution < 1.29 is 13.2 Å². The van der Waals surface area contributed by atoms with Crippen molar-refractivity contribution in [1.82, 2.24) is 20.1 Å². The Bertz CT molecular complexity index is 497. The van der Waals surface area contributed by atoms with Crippen LogP contribution >= 0.6 is 0 Å². The van der Waals surface area contributed by atoms with Gasteiger partial charge in [-0.15, -0.1) is 10.2 Å². The van der Waals surface area contributed by atoms with Crippen LogP contribution in [0.1, 0.15) is 56.6 Å². The molecule has 0 unspecified atom stereocenters. The second-order valence-corrected chi connectivity index (χ2v) is 6.48. The van der Waals surface area contributed by atoms with E-state index in [1.54, 1.807) is 0 Å². The smallest absolute Gasteiger partial charge is 0.314 e. The van der Waals surface area contributed by atoms with Gasteiger partial charge in [-0.2, -0.15) is 13.2 Å². The second kappa shape index (κ2) is 6.56. The lowest BCUT2D eigenvalue weighted by Crippen LogP contribution is -2.38. The maximum absolute atomic E-state index is 12.8. The lowest BCUT2D eigenvalue weighted by molar-refractivity contribution is -0.183. The fraction of sp³-hybridized carbons (Fsp3) is 0.867. The molecule has 0 amide bonds. The first kappa shape index (κ1) is 15.8. The molecule has 0 bridgehead atoms. The third-order valence-electron chi connectivity index (χ3n) is 4.87. The number of nitrogens with zero attached hydrogens (tertiary/aromatic N) is 3.